The maximum Gasteiger partial charge on any atom is 0.289 e. The van der Waals surface area contributed by atoms with E-state index in [1.165, 1.54) is 35.1 Å². The van der Waals surface area contributed by atoms with Crippen molar-refractivity contribution in [1.82, 2.24) is 14.7 Å². The molecule has 0 saturated carbocycles. The number of aryl methyl sites for hydroxylation is 1. The van der Waals surface area contributed by atoms with E-state index in [9.17, 15) is 4.79 Å². The highest BCUT2D eigenvalue weighted by molar-refractivity contribution is 5.91. The van der Waals surface area contributed by atoms with Gasteiger partial charge < -0.3 is 9.32 Å². The highest BCUT2D eigenvalue weighted by Gasteiger charge is 2.37. The molecule has 5 nitrogen and oxygen atoms in total. The molecule has 0 radical (unpaired) electrons. The molecule has 2 aliphatic rings. The van der Waals surface area contributed by atoms with Crippen molar-refractivity contribution in [2.45, 2.75) is 78.1 Å². The first-order chi connectivity index (χ1) is 18.0. The lowest BCUT2D eigenvalue weighted by molar-refractivity contribution is 0.0593. The molecule has 1 aromatic heterocycles. The summed E-state index contributed by atoms with van der Waals surface area (Å²) in [4.78, 5) is 20.1. The number of piperazine rings is 1. The van der Waals surface area contributed by atoms with Crippen LogP contribution in [0.2, 0.25) is 0 Å². The van der Waals surface area contributed by atoms with Crippen LogP contribution in [-0.4, -0.2) is 73.0 Å². The lowest BCUT2D eigenvalue weighted by Gasteiger charge is -2.42. The molecule has 0 N–H and O–H groups in total. The van der Waals surface area contributed by atoms with Crippen LogP contribution in [0.3, 0.4) is 0 Å². The Labute approximate surface area is 230 Å². The Morgan fingerprint density at radius 3 is 2.32 bits per heavy atom. The van der Waals surface area contributed by atoms with Crippen molar-refractivity contribution in [2.75, 3.05) is 52.4 Å². The third-order valence-corrected chi connectivity index (χ3v) is 8.87. The summed E-state index contributed by atoms with van der Waals surface area (Å²) in [6.45, 7) is 25.2. The van der Waals surface area contributed by atoms with E-state index >= 15 is 0 Å². The molecule has 1 fully saturated rings. The molecule has 4 rings (SSSR count). The molecule has 38 heavy (non-hydrogen) atoms. The van der Waals surface area contributed by atoms with Crippen LogP contribution in [0.5, 0.6) is 0 Å². The monoisotopic (exact) mass is 519 g/mol. The summed E-state index contributed by atoms with van der Waals surface area (Å²) in [5.41, 5.74) is 5.95. The summed E-state index contributed by atoms with van der Waals surface area (Å²) in [7, 11) is 0. The normalized spacial score (nSPS) is 19.0. The number of nitrogens with zero attached hydrogens (tertiary/aromatic N) is 3. The van der Waals surface area contributed by atoms with Gasteiger partial charge in [-0.05, 0) is 77.9 Å². The predicted octanol–water partition coefficient (Wildman–Crippen LogP) is 6.18. The molecule has 1 aliphatic heterocycles. The van der Waals surface area contributed by atoms with Crippen molar-refractivity contribution in [3.05, 3.63) is 70.7 Å². The van der Waals surface area contributed by atoms with E-state index in [0.29, 0.717) is 5.76 Å². The van der Waals surface area contributed by atoms with Gasteiger partial charge in [-0.1, -0.05) is 52.8 Å². The molecule has 5 heteroatoms. The van der Waals surface area contributed by atoms with E-state index in [0.717, 1.165) is 71.0 Å². The van der Waals surface area contributed by atoms with Crippen LogP contribution in [0.25, 0.3) is 0 Å². The summed E-state index contributed by atoms with van der Waals surface area (Å²) >= 11 is 0. The molecule has 2 aromatic rings. The summed E-state index contributed by atoms with van der Waals surface area (Å²) in [6.07, 6.45) is 6.28. The number of carbonyl (C=O) groups is 1. The first kappa shape index (κ1) is 28.6. The van der Waals surface area contributed by atoms with Crippen molar-refractivity contribution in [1.29, 1.82) is 0 Å². The summed E-state index contributed by atoms with van der Waals surface area (Å²) < 4.78 is 6.13. The maximum absolute atomic E-state index is 13.2. The molecule has 1 saturated heterocycles. The van der Waals surface area contributed by atoms with Gasteiger partial charge in [-0.3, -0.25) is 14.6 Å². The number of fused-ring (bicyclic) bond motifs is 1. The molecule has 1 amide bonds. The van der Waals surface area contributed by atoms with E-state index in [1.54, 1.807) is 0 Å². The molecule has 0 bridgehead atoms. The maximum atomic E-state index is 13.2. The fourth-order valence-corrected chi connectivity index (χ4v) is 6.14. The largest absolute Gasteiger partial charge is 0.456 e. The van der Waals surface area contributed by atoms with Crippen LogP contribution in [0.15, 0.2) is 41.3 Å². The average Bonchev–Trinajstić information content (AvgIpc) is 3.35. The first-order valence-electron chi connectivity index (χ1n) is 14.6. The smallest absolute Gasteiger partial charge is 0.289 e. The van der Waals surface area contributed by atoms with Crippen LogP contribution in [-0.2, 0) is 17.3 Å². The standard InChI is InChI=1S/C33H49N3O2/c1-8-14-34(15-9-2)16-17-35-18-20-36(21-19-35)31(37)30-11-10-27(38-30)23-26-24-29-28(22-25(26)3)32(4,5)12-13-33(29,6)7/h8,10-11,22,24H,1,9,12-21,23H2,2-7H3. The van der Waals surface area contributed by atoms with Gasteiger partial charge in [0.05, 0.1) is 0 Å². The zero-order chi connectivity index (χ0) is 27.5. The topological polar surface area (TPSA) is 39.9 Å². The van der Waals surface area contributed by atoms with Crippen molar-refractivity contribution < 1.29 is 9.21 Å². The van der Waals surface area contributed by atoms with Gasteiger partial charge in [0.2, 0.25) is 0 Å². The zero-order valence-electron chi connectivity index (χ0n) is 24.7. The van der Waals surface area contributed by atoms with Crippen molar-refractivity contribution in [3.8, 4) is 0 Å². The van der Waals surface area contributed by atoms with E-state index in [2.05, 4.69) is 70.1 Å². The van der Waals surface area contributed by atoms with Gasteiger partial charge in [-0.25, -0.2) is 0 Å². The Balaban J connectivity index is 1.36. The Morgan fingerprint density at radius 2 is 1.68 bits per heavy atom. The summed E-state index contributed by atoms with van der Waals surface area (Å²) in [5, 5.41) is 0. The number of benzene rings is 1. The Hall–Kier alpha value is -2.37. The minimum Gasteiger partial charge on any atom is -0.456 e. The highest BCUT2D eigenvalue weighted by atomic mass is 16.4. The Bertz CT molecular complexity index is 1120. The quantitative estimate of drug-likeness (QED) is 0.351. The third kappa shape index (κ3) is 6.43. The number of amides is 1. The zero-order valence-corrected chi connectivity index (χ0v) is 24.7. The summed E-state index contributed by atoms with van der Waals surface area (Å²) in [6, 6.07) is 8.66. The second-order valence-corrected chi connectivity index (χ2v) is 12.8. The van der Waals surface area contributed by atoms with Crippen molar-refractivity contribution in [3.63, 3.8) is 0 Å². The summed E-state index contributed by atoms with van der Waals surface area (Å²) in [5.74, 6) is 1.34. The molecule has 1 aromatic carbocycles. The number of hydrogen-bond donors (Lipinski definition) is 0. The minimum atomic E-state index is 0.0141. The highest BCUT2D eigenvalue weighted by Crippen LogP contribution is 2.46. The van der Waals surface area contributed by atoms with E-state index in [-0.39, 0.29) is 16.7 Å². The second kappa shape index (κ2) is 11.8. The lowest BCUT2D eigenvalue weighted by atomic mass is 9.62. The lowest BCUT2D eigenvalue weighted by Crippen LogP contribution is -2.50. The predicted molar refractivity (Wildman–Crippen MR) is 157 cm³/mol. The van der Waals surface area contributed by atoms with Crippen LogP contribution in [0, 0.1) is 6.92 Å². The van der Waals surface area contributed by atoms with Gasteiger partial charge in [-0.2, -0.15) is 0 Å². The molecule has 0 spiro atoms. The fourth-order valence-electron chi connectivity index (χ4n) is 6.14. The van der Waals surface area contributed by atoms with Gasteiger partial charge >= 0.3 is 0 Å². The third-order valence-electron chi connectivity index (χ3n) is 8.87. The molecule has 0 unspecified atom stereocenters. The molecule has 2 heterocycles. The number of hydrogen-bond acceptors (Lipinski definition) is 4. The van der Waals surface area contributed by atoms with Crippen LogP contribution in [0.4, 0.5) is 0 Å². The average molecular weight is 520 g/mol. The van der Waals surface area contributed by atoms with Gasteiger partial charge in [0.25, 0.3) is 5.91 Å². The Morgan fingerprint density at radius 1 is 1.03 bits per heavy atom. The van der Waals surface area contributed by atoms with Gasteiger partial charge in [-0.15, -0.1) is 6.58 Å². The number of carbonyl (C=O) groups excluding carboxylic acids is 1. The Kier molecular flexibility index (Phi) is 8.89. The van der Waals surface area contributed by atoms with E-state index in [1.807, 2.05) is 23.1 Å². The van der Waals surface area contributed by atoms with Gasteiger partial charge in [0, 0.05) is 52.2 Å². The minimum absolute atomic E-state index is 0.0141. The van der Waals surface area contributed by atoms with Gasteiger partial charge in [0.15, 0.2) is 5.76 Å². The fraction of sp³-hybridized carbons (Fsp3) is 0.606. The van der Waals surface area contributed by atoms with Crippen LogP contribution < -0.4 is 0 Å². The number of rotatable bonds is 10. The van der Waals surface area contributed by atoms with Crippen molar-refractivity contribution >= 4 is 5.91 Å². The van der Waals surface area contributed by atoms with Crippen LogP contribution >= 0.6 is 0 Å². The molecule has 1 aliphatic carbocycles. The molecular formula is C33H49N3O2. The van der Waals surface area contributed by atoms with Crippen molar-refractivity contribution in [2.24, 2.45) is 0 Å². The molecule has 0 atom stereocenters. The van der Waals surface area contributed by atoms with E-state index in [4.69, 9.17) is 4.42 Å². The second-order valence-electron chi connectivity index (χ2n) is 12.8. The SMILES string of the molecule is C=CCN(CCC)CCN1CCN(C(=O)c2ccc(Cc3cc4c(cc3C)C(C)(C)CCC4(C)C)o2)CC1. The number of furan rings is 1. The van der Waals surface area contributed by atoms with Gasteiger partial charge in [0.1, 0.15) is 5.76 Å². The molecular weight excluding hydrogens is 470 g/mol. The van der Waals surface area contributed by atoms with Crippen LogP contribution in [0.1, 0.15) is 92.4 Å². The van der Waals surface area contributed by atoms with E-state index < -0.39 is 0 Å². The first-order valence-corrected chi connectivity index (χ1v) is 14.6. The molecule has 208 valence electrons.